The minimum atomic E-state index is 0.575. The van der Waals surface area contributed by atoms with Crippen molar-refractivity contribution in [2.75, 3.05) is 6.61 Å². The number of rotatable bonds is 10. The number of ether oxygens (including phenoxy) is 1. The van der Waals surface area contributed by atoms with Crippen molar-refractivity contribution in [3.8, 4) is 5.75 Å². The molecule has 1 unspecified atom stereocenters. The van der Waals surface area contributed by atoms with E-state index in [1.165, 1.54) is 24.8 Å². The molecule has 0 heterocycles. The molecule has 0 spiro atoms. The molecule has 0 saturated heterocycles. The van der Waals surface area contributed by atoms with Gasteiger partial charge in [0.15, 0.2) is 0 Å². The van der Waals surface area contributed by atoms with Gasteiger partial charge in [0.2, 0.25) is 0 Å². The predicted octanol–water partition coefficient (Wildman–Crippen LogP) is 4.78. The molecule has 1 aromatic rings. The van der Waals surface area contributed by atoms with Crippen molar-refractivity contribution < 1.29 is 4.74 Å². The quantitative estimate of drug-likeness (QED) is 0.621. The van der Waals surface area contributed by atoms with Gasteiger partial charge in [-0.2, -0.15) is 0 Å². The number of unbranched alkanes of at least 4 members (excludes halogenated alkanes) is 1. The van der Waals surface area contributed by atoms with Gasteiger partial charge in [0.1, 0.15) is 5.75 Å². The molecular weight excluding hydrogens is 246 g/mol. The van der Waals surface area contributed by atoms with E-state index >= 15 is 0 Å². The molecule has 0 bridgehead atoms. The Kier molecular flexibility index (Phi) is 8.36. The molecule has 114 valence electrons. The Labute approximate surface area is 124 Å². The summed E-state index contributed by atoms with van der Waals surface area (Å²) in [7, 11) is 0. The second-order valence-corrected chi connectivity index (χ2v) is 5.59. The van der Waals surface area contributed by atoms with Gasteiger partial charge in [-0.1, -0.05) is 52.2 Å². The predicted molar refractivity (Wildman–Crippen MR) is 87.2 cm³/mol. The van der Waals surface area contributed by atoms with Gasteiger partial charge in [0.05, 0.1) is 6.61 Å². The Balaban J connectivity index is 2.37. The highest BCUT2D eigenvalue weighted by Gasteiger charge is 2.12. The van der Waals surface area contributed by atoms with E-state index in [1.54, 1.807) is 0 Å². The molecule has 2 heteroatoms. The average molecular weight is 277 g/mol. The van der Waals surface area contributed by atoms with Gasteiger partial charge in [-0.05, 0) is 37.0 Å². The number of benzene rings is 1. The Morgan fingerprint density at radius 1 is 1.05 bits per heavy atom. The highest BCUT2D eigenvalue weighted by atomic mass is 16.5. The van der Waals surface area contributed by atoms with Crippen LogP contribution in [0, 0.1) is 5.92 Å². The molecule has 1 aromatic carbocycles. The van der Waals surface area contributed by atoms with Crippen LogP contribution in [0.5, 0.6) is 5.75 Å². The van der Waals surface area contributed by atoms with Gasteiger partial charge >= 0.3 is 0 Å². The van der Waals surface area contributed by atoms with E-state index in [2.05, 4.69) is 57.3 Å². The zero-order valence-electron chi connectivity index (χ0n) is 13.6. The zero-order valence-corrected chi connectivity index (χ0v) is 13.6. The van der Waals surface area contributed by atoms with Crippen molar-refractivity contribution in [2.24, 2.45) is 5.92 Å². The maximum absolute atomic E-state index is 5.68. The summed E-state index contributed by atoms with van der Waals surface area (Å²) >= 11 is 0. The molecule has 0 saturated carbocycles. The zero-order chi connectivity index (χ0) is 14.8. The highest BCUT2D eigenvalue weighted by Crippen LogP contribution is 2.15. The summed E-state index contributed by atoms with van der Waals surface area (Å²) in [4.78, 5) is 0. The lowest BCUT2D eigenvalue weighted by Crippen LogP contribution is -2.32. The largest absolute Gasteiger partial charge is 0.494 e. The summed E-state index contributed by atoms with van der Waals surface area (Å²) < 4.78 is 5.68. The standard InChI is InChI=1S/C18H31NO/c1-5-8-13-20-18-11-9-16(10-12-18)14-19-15(4)17(6-2)7-3/h9-12,15,17,19H,5-8,13-14H2,1-4H3. The van der Waals surface area contributed by atoms with Crippen LogP contribution in [0.15, 0.2) is 24.3 Å². The van der Waals surface area contributed by atoms with Crippen LogP contribution in [-0.2, 0) is 6.54 Å². The maximum Gasteiger partial charge on any atom is 0.119 e. The fourth-order valence-electron chi connectivity index (χ4n) is 2.48. The second kappa shape index (κ2) is 9.82. The minimum absolute atomic E-state index is 0.575. The molecule has 0 aliphatic carbocycles. The molecule has 2 nitrogen and oxygen atoms in total. The normalized spacial score (nSPS) is 12.7. The molecule has 20 heavy (non-hydrogen) atoms. The lowest BCUT2D eigenvalue weighted by Gasteiger charge is -2.22. The van der Waals surface area contributed by atoms with Crippen LogP contribution >= 0.6 is 0 Å². The summed E-state index contributed by atoms with van der Waals surface area (Å²) in [5.41, 5.74) is 1.32. The summed E-state index contributed by atoms with van der Waals surface area (Å²) in [5.74, 6) is 1.75. The fourth-order valence-corrected chi connectivity index (χ4v) is 2.48. The summed E-state index contributed by atoms with van der Waals surface area (Å²) in [5, 5.41) is 3.63. The van der Waals surface area contributed by atoms with Crippen molar-refractivity contribution in [1.82, 2.24) is 5.32 Å². The van der Waals surface area contributed by atoms with E-state index < -0.39 is 0 Å². The molecule has 1 rings (SSSR count). The van der Waals surface area contributed by atoms with Crippen LogP contribution in [0.1, 0.15) is 58.9 Å². The van der Waals surface area contributed by atoms with Crippen LogP contribution in [0.2, 0.25) is 0 Å². The van der Waals surface area contributed by atoms with Gasteiger partial charge in [0, 0.05) is 12.6 Å². The number of hydrogen-bond donors (Lipinski definition) is 1. The van der Waals surface area contributed by atoms with Crippen molar-refractivity contribution in [3.63, 3.8) is 0 Å². The van der Waals surface area contributed by atoms with Crippen molar-refractivity contribution >= 4 is 0 Å². The average Bonchev–Trinajstić information content (AvgIpc) is 2.48. The summed E-state index contributed by atoms with van der Waals surface area (Å²) in [6.07, 6.45) is 4.79. The third-order valence-electron chi connectivity index (χ3n) is 4.07. The van der Waals surface area contributed by atoms with Gasteiger partial charge in [-0.15, -0.1) is 0 Å². The molecule has 0 aromatic heterocycles. The molecule has 1 atom stereocenters. The topological polar surface area (TPSA) is 21.3 Å². The van der Waals surface area contributed by atoms with E-state index in [4.69, 9.17) is 4.74 Å². The third-order valence-corrected chi connectivity index (χ3v) is 4.07. The van der Waals surface area contributed by atoms with Crippen LogP contribution in [0.4, 0.5) is 0 Å². The van der Waals surface area contributed by atoms with Crippen molar-refractivity contribution in [1.29, 1.82) is 0 Å². The lowest BCUT2D eigenvalue weighted by molar-refractivity contribution is 0.309. The first-order valence-electron chi connectivity index (χ1n) is 8.16. The highest BCUT2D eigenvalue weighted by molar-refractivity contribution is 5.27. The van der Waals surface area contributed by atoms with Crippen LogP contribution in [-0.4, -0.2) is 12.6 Å². The molecule has 0 amide bonds. The van der Waals surface area contributed by atoms with Gasteiger partial charge in [0.25, 0.3) is 0 Å². The Morgan fingerprint density at radius 2 is 1.70 bits per heavy atom. The monoisotopic (exact) mass is 277 g/mol. The fraction of sp³-hybridized carbons (Fsp3) is 0.667. The van der Waals surface area contributed by atoms with Crippen LogP contribution < -0.4 is 10.1 Å². The van der Waals surface area contributed by atoms with E-state index in [9.17, 15) is 0 Å². The van der Waals surface area contributed by atoms with Gasteiger partial charge in [-0.3, -0.25) is 0 Å². The van der Waals surface area contributed by atoms with E-state index in [1.807, 2.05) is 0 Å². The molecule has 0 radical (unpaired) electrons. The Hall–Kier alpha value is -1.02. The third kappa shape index (κ3) is 5.96. The van der Waals surface area contributed by atoms with Crippen molar-refractivity contribution in [3.05, 3.63) is 29.8 Å². The lowest BCUT2D eigenvalue weighted by atomic mass is 9.95. The van der Waals surface area contributed by atoms with Gasteiger partial charge < -0.3 is 10.1 Å². The summed E-state index contributed by atoms with van der Waals surface area (Å²) in [6.45, 7) is 10.8. The maximum atomic E-state index is 5.68. The van der Waals surface area contributed by atoms with E-state index in [0.29, 0.717) is 6.04 Å². The number of nitrogens with one attached hydrogen (secondary N) is 1. The summed E-state index contributed by atoms with van der Waals surface area (Å²) in [6, 6.07) is 9.05. The van der Waals surface area contributed by atoms with Crippen LogP contribution in [0.25, 0.3) is 0 Å². The Morgan fingerprint density at radius 3 is 2.25 bits per heavy atom. The SMILES string of the molecule is CCCCOc1ccc(CNC(C)C(CC)CC)cc1. The first kappa shape index (κ1) is 17.0. The minimum Gasteiger partial charge on any atom is -0.494 e. The van der Waals surface area contributed by atoms with E-state index in [0.717, 1.165) is 31.2 Å². The van der Waals surface area contributed by atoms with Gasteiger partial charge in [-0.25, -0.2) is 0 Å². The molecule has 0 fully saturated rings. The first-order chi connectivity index (χ1) is 9.71. The van der Waals surface area contributed by atoms with Crippen molar-refractivity contribution in [2.45, 2.75) is 66.0 Å². The smallest absolute Gasteiger partial charge is 0.119 e. The molecule has 0 aliphatic rings. The molecule has 1 N–H and O–H groups in total. The first-order valence-corrected chi connectivity index (χ1v) is 8.16. The Bertz CT molecular complexity index is 343. The second-order valence-electron chi connectivity index (χ2n) is 5.59. The molecule has 0 aliphatic heterocycles. The molecular formula is C18H31NO. The number of hydrogen-bond acceptors (Lipinski definition) is 2. The van der Waals surface area contributed by atoms with Crippen LogP contribution in [0.3, 0.4) is 0 Å². The van der Waals surface area contributed by atoms with E-state index in [-0.39, 0.29) is 0 Å².